The van der Waals surface area contributed by atoms with E-state index >= 15 is 0 Å². The highest BCUT2D eigenvalue weighted by Gasteiger charge is 2.26. The van der Waals surface area contributed by atoms with Gasteiger partial charge in [0.25, 0.3) is 10.1 Å². The van der Waals surface area contributed by atoms with Crippen LogP contribution in [0.25, 0.3) is 0 Å². The summed E-state index contributed by atoms with van der Waals surface area (Å²) in [5.74, 6) is -0.885. The molecule has 328 valence electrons. The lowest BCUT2D eigenvalue weighted by atomic mass is 10.0. The molecule has 1 amide bonds. The molecule has 55 heavy (non-hydrogen) atoms. The molecular formula is C48H95NO5S. The van der Waals surface area contributed by atoms with Crippen LogP contribution in [-0.2, 0) is 14.9 Å². The molecule has 0 bridgehead atoms. The number of aliphatic hydroxyl groups excluding tert-OH is 1. The number of unbranched alkanes of at least 4 members (excludes halogenated alkanes) is 35. The minimum absolute atomic E-state index is 0.242. The van der Waals surface area contributed by atoms with E-state index in [2.05, 4.69) is 31.3 Å². The SMILES string of the molecule is CCCCCCCCCC/C=C\CCCCCCCCCCCCCC(=O)NC(CS(=O)(=O)O)C(O)CCCCCCCCCCCCCCCCCCC. The van der Waals surface area contributed by atoms with Crippen molar-refractivity contribution in [2.75, 3.05) is 5.75 Å². The Balaban J connectivity index is 3.74. The highest BCUT2D eigenvalue weighted by molar-refractivity contribution is 7.85. The highest BCUT2D eigenvalue weighted by atomic mass is 32.2. The molecule has 2 unspecified atom stereocenters. The molecule has 0 aliphatic carbocycles. The normalized spacial score (nSPS) is 13.2. The third-order valence-electron chi connectivity index (χ3n) is 11.5. The van der Waals surface area contributed by atoms with E-state index in [9.17, 15) is 22.9 Å². The maximum absolute atomic E-state index is 12.6. The monoisotopic (exact) mass is 798 g/mol. The fraction of sp³-hybridized carbons (Fsp3) is 0.938. The second kappa shape index (κ2) is 42.7. The van der Waals surface area contributed by atoms with E-state index < -0.39 is 28.0 Å². The molecule has 2 atom stereocenters. The summed E-state index contributed by atoms with van der Waals surface area (Å²) in [5.41, 5.74) is 0. The number of amides is 1. The van der Waals surface area contributed by atoms with Crippen molar-refractivity contribution >= 4 is 16.0 Å². The first kappa shape index (κ1) is 54.1. The van der Waals surface area contributed by atoms with E-state index in [0.29, 0.717) is 12.8 Å². The lowest BCUT2D eigenvalue weighted by Crippen LogP contribution is -2.47. The van der Waals surface area contributed by atoms with Crippen molar-refractivity contribution < 1.29 is 22.9 Å². The van der Waals surface area contributed by atoms with Crippen LogP contribution in [0.2, 0.25) is 0 Å². The molecule has 0 aromatic rings. The zero-order valence-corrected chi connectivity index (χ0v) is 37.6. The minimum atomic E-state index is -4.31. The first-order valence-electron chi connectivity index (χ1n) is 24.4. The van der Waals surface area contributed by atoms with Crippen molar-refractivity contribution in [2.24, 2.45) is 0 Å². The summed E-state index contributed by atoms with van der Waals surface area (Å²) < 4.78 is 32.7. The van der Waals surface area contributed by atoms with Gasteiger partial charge >= 0.3 is 0 Å². The van der Waals surface area contributed by atoms with E-state index in [4.69, 9.17) is 0 Å². The number of carbonyl (C=O) groups excluding carboxylic acids is 1. The van der Waals surface area contributed by atoms with Gasteiger partial charge in [0.15, 0.2) is 0 Å². The Morgan fingerprint density at radius 2 is 0.764 bits per heavy atom. The molecule has 0 aromatic heterocycles. The van der Waals surface area contributed by atoms with Gasteiger partial charge in [-0.2, -0.15) is 8.42 Å². The van der Waals surface area contributed by atoms with Gasteiger partial charge in [-0.15, -0.1) is 0 Å². The van der Waals surface area contributed by atoms with Crippen LogP contribution in [0.5, 0.6) is 0 Å². The average molecular weight is 798 g/mol. The Morgan fingerprint density at radius 1 is 0.473 bits per heavy atom. The van der Waals surface area contributed by atoms with Gasteiger partial charge in [0.05, 0.1) is 17.9 Å². The van der Waals surface area contributed by atoms with Gasteiger partial charge in [-0.25, -0.2) is 0 Å². The third kappa shape index (κ3) is 44.0. The van der Waals surface area contributed by atoms with Crippen LogP contribution in [-0.4, -0.2) is 41.9 Å². The molecule has 0 saturated carbocycles. The summed E-state index contributed by atoms with van der Waals surface area (Å²) in [5, 5.41) is 13.4. The number of allylic oxidation sites excluding steroid dienone is 2. The van der Waals surface area contributed by atoms with Crippen LogP contribution in [0.4, 0.5) is 0 Å². The quantitative estimate of drug-likeness (QED) is 0.0323. The standard InChI is InChI=1S/C48H95NO5S/c1-3-5-7-9-11-13-15-17-19-21-22-23-24-25-26-28-30-32-34-36-38-40-42-44-48(51)49-46(45-55(52,53)54)47(50)43-41-39-37-35-33-31-29-27-20-18-16-14-12-10-8-6-4-2/h21-22,46-47,50H,3-20,23-45H2,1-2H3,(H,49,51)(H,52,53,54)/b22-21-. The Bertz CT molecular complexity index is 923. The third-order valence-corrected chi connectivity index (χ3v) is 12.3. The van der Waals surface area contributed by atoms with Crippen LogP contribution in [0.1, 0.15) is 271 Å². The van der Waals surface area contributed by atoms with Crippen molar-refractivity contribution in [3.63, 3.8) is 0 Å². The van der Waals surface area contributed by atoms with Crippen molar-refractivity contribution in [2.45, 2.75) is 283 Å². The number of carbonyl (C=O) groups is 1. The average Bonchev–Trinajstić information content (AvgIpc) is 3.15. The second-order valence-corrected chi connectivity index (χ2v) is 18.6. The highest BCUT2D eigenvalue weighted by Crippen LogP contribution is 2.17. The van der Waals surface area contributed by atoms with Crippen LogP contribution < -0.4 is 5.32 Å². The zero-order chi connectivity index (χ0) is 40.3. The van der Waals surface area contributed by atoms with Gasteiger partial charge in [-0.3, -0.25) is 9.35 Å². The maximum Gasteiger partial charge on any atom is 0.266 e. The Morgan fingerprint density at radius 3 is 1.09 bits per heavy atom. The van der Waals surface area contributed by atoms with Crippen molar-refractivity contribution in [3.8, 4) is 0 Å². The molecule has 0 aromatic carbocycles. The van der Waals surface area contributed by atoms with E-state index in [1.807, 2.05) is 0 Å². The summed E-state index contributed by atoms with van der Waals surface area (Å²) in [6.07, 6.45) is 53.2. The molecular weight excluding hydrogens is 703 g/mol. The van der Waals surface area contributed by atoms with Crippen molar-refractivity contribution in [1.29, 1.82) is 0 Å². The van der Waals surface area contributed by atoms with Crippen LogP contribution in [0.3, 0.4) is 0 Å². The summed E-state index contributed by atoms with van der Waals surface area (Å²) in [4.78, 5) is 12.6. The Labute approximate surface area is 343 Å². The van der Waals surface area contributed by atoms with Gasteiger partial charge < -0.3 is 10.4 Å². The number of aliphatic hydroxyl groups is 1. The van der Waals surface area contributed by atoms with Gasteiger partial charge in [0, 0.05) is 6.42 Å². The van der Waals surface area contributed by atoms with E-state index in [1.54, 1.807) is 0 Å². The number of hydrogen-bond donors (Lipinski definition) is 3. The molecule has 0 rings (SSSR count). The molecule has 3 N–H and O–H groups in total. The fourth-order valence-corrected chi connectivity index (χ4v) is 8.56. The number of nitrogens with one attached hydrogen (secondary N) is 1. The summed E-state index contributed by atoms with van der Waals surface area (Å²) >= 11 is 0. The predicted octanol–water partition coefficient (Wildman–Crippen LogP) is 14.9. The van der Waals surface area contributed by atoms with Crippen LogP contribution in [0, 0.1) is 0 Å². The lowest BCUT2D eigenvalue weighted by Gasteiger charge is -2.23. The van der Waals surface area contributed by atoms with Crippen molar-refractivity contribution in [3.05, 3.63) is 12.2 Å². The first-order valence-corrected chi connectivity index (χ1v) is 26.0. The van der Waals surface area contributed by atoms with E-state index in [0.717, 1.165) is 38.5 Å². The fourth-order valence-electron chi connectivity index (χ4n) is 7.80. The largest absolute Gasteiger partial charge is 0.391 e. The molecule has 0 aliphatic rings. The zero-order valence-electron chi connectivity index (χ0n) is 36.8. The van der Waals surface area contributed by atoms with Crippen molar-refractivity contribution in [1.82, 2.24) is 5.32 Å². The molecule has 0 aliphatic heterocycles. The van der Waals surface area contributed by atoms with Gasteiger partial charge in [-0.05, 0) is 38.5 Å². The summed E-state index contributed by atoms with van der Waals surface area (Å²) in [6, 6.07) is -0.968. The molecule has 7 heteroatoms. The second-order valence-electron chi connectivity index (χ2n) is 17.1. The summed E-state index contributed by atoms with van der Waals surface area (Å²) in [6.45, 7) is 4.55. The topological polar surface area (TPSA) is 104 Å². The molecule has 0 fully saturated rings. The van der Waals surface area contributed by atoms with Crippen LogP contribution >= 0.6 is 0 Å². The Hall–Kier alpha value is -0.920. The number of hydrogen-bond acceptors (Lipinski definition) is 4. The van der Waals surface area contributed by atoms with Gasteiger partial charge in [0.2, 0.25) is 5.91 Å². The van der Waals surface area contributed by atoms with Gasteiger partial charge in [-0.1, -0.05) is 238 Å². The molecule has 6 nitrogen and oxygen atoms in total. The van der Waals surface area contributed by atoms with Crippen LogP contribution in [0.15, 0.2) is 12.2 Å². The van der Waals surface area contributed by atoms with E-state index in [1.165, 1.54) is 205 Å². The smallest absolute Gasteiger partial charge is 0.266 e. The maximum atomic E-state index is 12.6. The predicted molar refractivity (Wildman–Crippen MR) is 240 cm³/mol. The lowest BCUT2D eigenvalue weighted by molar-refractivity contribution is -0.122. The van der Waals surface area contributed by atoms with Gasteiger partial charge in [0.1, 0.15) is 0 Å². The molecule has 0 radical (unpaired) electrons. The Kier molecular flexibility index (Phi) is 42.0. The molecule has 0 saturated heterocycles. The molecule has 0 spiro atoms. The van der Waals surface area contributed by atoms with E-state index in [-0.39, 0.29) is 5.91 Å². The summed E-state index contributed by atoms with van der Waals surface area (Å²) in [7, 11) is -4.31. The minimum Gasteiger partial charge on any atom is -0.391 e. The number of rotatable bonds is 45. The first-order chi connectivity index (χ1) is 26.8. The molecule has 0 heterocycles.